The smallest absolute Gasteiger partial charge is 0.416 e. The number of nitrogens with zero attached hydrogens (tertiary/aromatic N) is 1. The molecule has 0 aromatic heterocycles. The molecule has 0 radical (unpaired) electrons. The molecule has 0 bridgehead atoms. The van der Waals surface area contributed by atoms with Crippen LogP contribution in [0.25, 0.3) is 0 Å². The molecule has 0 aliphatic rings. The van der Waals surface area contributed by atoms with Crippen molar-refractivity contribution in [2.45, 2.75) is 26.4 Å². The summed E-state index contributed by atoms with van der Waals surface area (Å²) in [5.74, 6) is 0.397. The van der Waals surface area contributed by atoms with E-state index < -0.39 is 17.6 Å². The Morgan fingerprint density at radius 2 is 1.90 bits per heavy atom. The molecule has 2 aromatic rings. The van der Waals surface area contributed by atoms with Crippen LogP contribution in [-0.4, -0.2) is 25.3 Å². The van der Waals surface area contributed by atoms with Gasteiger partial charge in [-0.25, -0.2) is 5.43 Å². The molecule has 0 aliphatic carbocycles. The van der Waals surface area contributed by atoms with Gasteiger partial charge in [-0.15, -0.1) is 6.58 Å². The van der Waals surface area contributed by atoms with E-state index in [1.54, 1.807) is 12.1 Å². The molecule has 160 valence electrons. The summed E-state index contributed by atoms with van der Waals surface area (Å²) in [6.07, 6.45) is -0.882. The van der Waals surface area contributed by atoms with E-state index in [0.717, 1.165) is 17.7 Å². The number of ether oxygens (including phenoxy) is 2. The fourth-order valence-electron chi connectivity index (χ4n) is 2.70. The fourth-order valence-corrected chi connectivity index (χ4v) is 2.70. The number of hydrogen-bond donors (Lipinski definition) is 1. The van der Waals surface area contributed by atoms with Crippen LogP contribution in [-0.2, 0) is 12.6 Å². The summed E-state index contributed by atoms with van der Waals surface area (Å²) < 4.78 is 49.7. The predicted molar refractivity (Wildman–Crippen MR) is 109 cm³/mol. The molecular weight excluding hydrogens is 397 g/mol. The lowest BCUT2D eigenvalue weighted by atomic mass is 10.1. The van der Waals surface area contributed by atoms with Crippen molar-refractivity contribution < 1.29 is 27.4 Å². The molecule has 1 N–H and O–H groups in total. The predicted octanol–water partition coefficient (Wildman–Crippen LogP) is 5.00. The van der Waals surface area contributed by atoms with Gasteiger partial charge in [-0.2, -0.15) is 18.3 Å². The molecule has 1 amide bonds. The van der Waals surface area contributed by atoms with Gasteiger partial charge in [0.15, 0.2) is 11.5 Å². The standard InChI is InChI=1S/C22H23F3N2O3/c1-4-8-16-11-15(12-19(29-5-2)20(16)30-6-3)14-26-27-21(28)17-9-7-10-18(13-17)22(23,24)25/h4,7,9-14H,1,5-6,8H2,2-3H3,(H,27,28)/b26-14-. The maximum atomic E-state index is 12.8. The summed E-state index contributed by atoms with van der Waals surface area (Å²) in [6.45, 7) is 8.35. The fraction of sp³-hybridized carbons (Fsp3) is 0.273. The Labute approximate surface area is 173 Å². The summed E-state index contributed by atoms with van der Waals surface area (Å²) in [7, 11) is 0. The topological polar surface area (TPSA) is 59.9 Å². The van der Waals surface area contributed by atoms with Crippen LogP contribution in [0, 0.1) is 0 Å². The van der Waals surface area contributed by atoms with Crippen LogP contribution in [0.1, 0.15) is 40.9 Å². The minimum absolute atomic E-state index is 0.143. The van der Waals surface area contributed by atoms with Crippen LogP contribution in [0.15, 0.2) is 54.2 Å². The van der Waals surface area contributed by atoms with Crippen LogP contribution in [0.2, 0.25) is 0 Å². The van der Waals surface area contributed by atoms with Gasteiger partial charge in [-0.05, 0) is 56.2 Å². The number of amides is 1. The largest absolute Gasteiger partial charge is 0.490 e. The van der Waals surface area contributed by atoms with E-state index in [1.807, 2.05) is 19.9 Å². The number of hydrogen-bond acceptors (Lipinski definition) is 4. The number of benzene rings is 2. The Hall–Kier alpha value is -3.29. The summed E-state index contributed by atoms with van der Waals surface area (Å²) >= 11 is 0. The number of allylic oxidation sites excluding steroid dienone is 1. The van der Waals surface area contributed by atoms with Gasteiger partial charge in [0.1, 0.15) is 0 Å². The maximum Gasteiger partial charge on any atom is 0.416 e. The molecule has 5 nitrogen and oxygen atoms in total. The second kappa shape index (κ2) is 10.5. The molecule has 0 saturated carbocycles. The Bertz CT molecular complexity index is 924. The van der Waals surface area contributed by atoms with E-state index in [0.29, 0.717) is 36.7 Å². The first-order valence-electron chi connectivity index (χ1n) is 9.34. The zero-order chi connectivity index (χ0) is 22.1. The second-order valence-electron chi connectivity index (χ2n) is 6.14. The average molecular weight is 420 g/mol. The quantitative estimate of drug-likeness (QED) is 0.353. The lowest BCUT2D eigenvalue weighted by molar-refractivity contribution is -0.137. The third kappa shape index (κ3) is 6.10. The van der Waals surface area contributed by atoms with Gasteiger partial charge in [-0.1, -0.05) is 12.1 Å². The molecule has 0 spiro atoms. The number of alkyl halides is 3. The highest BCUT2D eigenvalue weighted by atomic mass is 19.4. The maximum absolute atomic E-state index is 12.8. The average Bonchev–Trinajstić information content (AvgIpc) is 2.70. The number of rotatable bonds is 9. The lowest BCUT2D eigenvalue weighted by Crippen LogP contribution is -2.18. The first-order valence-corrected chi connectivity index (χ1v) is 9.34. The SMILES string of the molecule is C=CCc1cc(/C=N\NC(=O)c2cccc(C(F)(F)F)c2)cc(OCC)c1OCC. The van der Waals surface area contributed by atoms with Crippen LogP contribution in [0.3, 0.4) is 0 Å². The molecule has 0 fully saturated rings. The van der Waals surface area contributed by atoms with Crippen molar-refractivity contribution in [1.82, 2.24) is 5.43 Å². The normalized spacial score (nSPS) is 11.4. The number of nitrogens with one attached hydrogen (secondary N) is 1. The molecular formula is C22H23F3N2O3. The van der Waals surface area contributed by atoms with E-state index in [-0.39, 0.29) is 5.56 Å². The van der Waals surface area contributed by atoms with E-state index in [2.05, 4.69) is 17.1 Å². The third-order valence-electron chi connectivity index (χ3n) is 3.94. The minimum atomic E-state index is -4.53. The Morgan fingerprint density at radius 3 is 2.53 bits per heavy atom. The number of carbonyl (C=O) groups excluding carboxylic acids is 1. The molecule has 0 atom stereocenters. The van der Waals surface area contributed by atoms with Crippen LogP contribution < -0.4 is 14.9 Å². The van der Waals surface area contributed by atoms with Crippen LogP contribution in [0.5, 0.6) is 11.5 Å². The molecule has 2 rings (SSSR count). The number of carbonyl (C=O) groups is 1. The van der Waals surface area contributed by atoms with Gasteiger partial charge in [0.05, 0.1) is 25.0 Å². The zero-order valence-electron chi connectivity index (χ0n) is 16.8. The van der Waals surface area contributed by atoms with Crippen molar-refractivity contribution in [1.29, 1.82) is 0 Å². The van der Waals surface area contributed by atoms with E-state index in [1.165, 1.54) is 18.3 Å². The summed E-state index contributed by atoms with van der Waals surface area (Å²) in [4.78, 5) is 12.1. The van der Waals surface area contributed by atoms with Crippen LogP contribution in [0.4, 0.5) is 13.2 Å². The van der Waals surface area contributed by atoms with Crippen molar-refractivity contribution in [3.8, 4) is 11.5 Å². The van der Waals surface area contributed by atoms with Gasteiger partial charge >= 0.3 is 6.18 Å². The zero-order valence-corrected chi connectivity index (χ0v) is 16.8. The van der Waals surface area contributed by atoms with Gasteiger partial charge in [-0.3, -0.25) is 4.79 Å². The summed E-state index contributed by atoms with van der Waals surface area (Å²) in [5.41, 5.74) is 2.66. The molecule has 0 heterocycles. The van der Waals surface area contributed by atoms with Gasteiger partial charge in [0, 0.05) is 11.1 Å². The summed E-state index contributed by atoms with van der Waals surface area (Å²) in [5, 5.41) is 3.86. The second-order valence-corrected chi connectivity index (χ2v) is 6.14. The van der Waals surface area contributed by atoms with Crippen LogP contribution >= 0.6 is 0 Å². The molecule has 0 unspecified atom stereocenters. The van der Waals surface area contributed by atoms with E-state index in [9.17, 15) is 18.0 Å². The third-order valence-corrected chi connectivity index (χ3v) is 3.94. The highest BCUT2D eigenvalue weighted by Crippen LogP contribution is 2.33. The lowest BCUT2D eigenvalue weighted by Gasteiger charge is -2.15. The van der Waals surface area contributed by atoms with Crippen molar-refractivity contribution in [2.24, 2.45) is 5.10 Å². The minimum Gasteiger partial charge on any atom is -0.490 e. The molecule has 2 aromatic carbocycles. The first kappa shape index (κ1) is 23.0. The Kier molecular flexibility index (Phi) is 8.03. The summed E-state index contributed by atoms with van der Waals surface area (Å²) in [6, 6.07) is 7.65. The van der Waals surface area contributed by atoms with Gasteiger partial charge < -0.3 is 9.47 Å². The van der Waals surface area contributed by atoms with Crippen molar-refractivity contribution in [3.63, 3.8) is 0 Å². The molecule has 8 heteroatoms. The monoisotopic (exact) mass is 420 g/mol. The molecule has 0 aliphatic heterocycles. The van der Waals surface area contributed by atoms with E-state index >= 15 is 0 Å². The van der Waals surface area contributed by atoms with Crippen molar-refractivity contribution in [3.05, 3.63) is 71.3 Å². The Morgan fingerprint density at radius 1 is 1.17 bits per heavy atom. The molecule has 30 heavy (non-hydrogen) atoms. The number of halogens is 3. The highest BCUT2D eigenvalue weighted by Gasteiger charge is 2.30. The highest BCUT2D eigenvalue weighted by molar-refractivity contribution is 5.95. The van der Waals surface area contributed by atoms with Gasteiger partial charge in [0.25, 0.3) is 5.91 Å². The van der Waals surface area contributed by atoms with Crippen molar-refractivity contribution in [2.75, 3.05) is 13.2 Å². The van der Waals surface area contributed by atoms with Crippen molar-refractivity contribution >= 4 is 12.1 Å². The van der Waals surface area contributed by atoms with Gasteiger partial charge in [0.2, 0.25) is 0 Å². The number of hydrazone groups is 1. The molecule has 0 saturated heterocycles. The van der Waals surface area contributed by atoms with E-state index in [4.69, 9.17) is 9.47 Å². The first-order chi connectivity index (χ1) is 14.3. The Balaban J connectivity index is 2.22.